The molecule has 0 aliphatic heterocycles. The van der Waals surface area contributed by atoms with E-state index in [2.05, 4.69) is 58.9 Å². The van der Waals surface area contributed by atoms with E-state index in [4.69, 9.17) is 4.99 Å². The molecule has 0 aliphatic carbocycles. The number of aromatic nitrogens is 2. The molecule has 0 spiro atoms. The predicted octanol–water partition coefficient (Wildman–Crippen LogP) is 3.12. The summed E-state index contributed by atoms with van der Waals surface area (Å²) in [5, 5.41) is 3.37. The van der Waals surface area contributed by atoms with Crippen molar-refractivity contribution in [2.24, 2.45) is 4.99 Å². The molecule has 23 heavy (non-hydrogen) atoms. The van der Waals surface area contributed by atoms with E-state index in [9.17, 15) is 0 Å². The number of para-hydroxylation sites is 2. The standard InChI is InChI=1S/C18H29N5/c1-4-6-13-22(3)18(19-5-2)20-12-9-14-23-15-21-16-10-7-8-11-17(16)23/h7-8,10-11,15H,4-6,9,12-14H2,1-3H3,(H,19,20). The van der Waals surface area contributed by atoms with Gasteiger partial charge in [0.05, 0.1) is 17.4 Å². The topological polar surface area (TPSA) is 45.5 Å². The van der Waals surface area contributed by atoms with Crippen molar-refractivity contribution in [2.75, 3.05) is 26.7 Å². The van der Waals surface area contributed by atoms with E-state index >= 15 is 0 Å². The Morgan fingerprint density at radius 2 is 2.09 bits per heavy atom. The molecule has 126 valence electrons. The molecule has 1 heterocycles. The largest absolute Gasteiger partial charge is 0.357 e. The molecular weight excluding hydrogens is 286 g/mol. The van der Waals surface area contributed by atoms with Gasteiger partial charge in [0.1, 0.15) is 0 Å². The van der Waals surface area contributed by atoms with E-state index in [0.717, 1.165) is 44.1 Å². The first kappa shape index (κ1) is 17.3. The van der Waals surface area contributed by atoms with Crippen LogP contribution in [0, 0.1) is 0 Å². The first-order valence-corrected chi connectivity index (χ1v) is 8.65. The normalized spacial score (nSPS) is 11.9. The highest BCUT2D eigenvalue weighted by Crippen LogP contribution is 2.12. The first-order valence-electron chi connectivity index (χ1n) is 8.65. The third-order valence-electron chi connectivity index (χ3n) is 3.89. The molecule has 1 aromatic heterocycles. The number of nitrogens with zero attached hydrogens (tertiary/aromatic N) is 4. The molecule has 0 radical (unpaired) electrons. The molecule has 2 aromatic rings. The zero-order valence-corrected chi connectivity index (χ0v) is 14.6. The number of aryl methyl sites for hydroxylation is 1. The van der Waals surface area contributed by atoms with Crippen LogP contribution in [0.25, 0.3) is 11.0 Å². The molecule has 0 saturated heterocycles. The molecule has 0 unspecified atom stereocenters. The first-order chi connectivity index (χ1) is 11.3. The smallest absolute Gasteiger partial charge is 0.193 e. The zero-order chi connectivity index (χ0) is 16.5. The molecule has 5 nitrogen and oxygen atoms in total. The van der Waals surface area contributed by atoms with Gasteiger partial charge in [-0.2, -0.15) is 0 Å². The summed E-state index contributed by atoms with van der Waals surface area (Å²) in [5.41, 5.74) is 2.26. The fourth-order valence-corrected chi connectivity index (χ4v) is 2.59. The van der Waals surface area contributed by atoms with Crippen molar-refractivity contribution in [1.29, 1.82) is 0 Å². The molecule has 5 heteroatoms. The summed E-state index contributed by atoms with van der Waals surface area (Å²) in [5.74, 6) is 1.01. The maximum Gasteiger partial charge on any atom is 0.193 e. The maximum absolute atomic E-state index is 4.74. The van der Waals surface area contributed by atoms with Crippen molar-refractivity contribution in [3.8, 4) is 0 Å². The van der Waals surface area contributed by atoms with Gasteiger partial charge in [0, 0.05) is 33.2 Å². The molecule has 0 fully saturated rings. The molecular formula is C18H29N5. The van der Waals surface area contributed by atoms with Gasteiger partial charge in [-0.25, -0.2) is 4.98 Å². The average molecular weight is 315 g/mol. The molecule has 1 aromatic carbocycles. The van der Waals surface area contributed by atoms with Crippen LogP contribution >= 0.6 is 0 Å². The minimum absolute atomic E-state index is 0.825. The monoisotopic (exact) mass is 315 g/mol. The quantitative estimate of drug-likeness (QED) is 0.462. The van der Waals surface area contributed by atoms with Crippen molar-refractivity contribution >= 4 is 17.0 Å². The van der Waals surface area contributed by atoms with Crippen LogP contribution in [0.4, 0.5) is 0 Å². The molecule has 0 saturated carbocycles. The second-order valence-electron chi connectivity index (χ2n) is 5.79. The van der Waals surface area contributed by atoms with Gasteiger partial charge in [-0.1, -0.05) is 25.5 Å². The third-order valence-corrected chi connectivity index (χ3v) is 3.89. The molecule has 2 rings (SSSR count). The minimum atomic E-state index is 0.825. The summed E-state index contributed by atoms with van der Waals surface area (Å²) < 4.78 is 2.21. The van der Waals surface area contributed by atoms with Gasteiger partial charge in [0.25, 0.3) is 0 Å². The number of unbranched alkanes of at least 4 members (excludes halogenated alkanes) is 1. The summed E-state index contributed by atoms with van der Waals surface area (Å²) in [6, 6.07) is 8.26. The zero-order valence-electron chi connectivity index (χ0n) is 14.6. The Kier molecular flexibility index (Phi) is 6.91. The number of hydrogen-bond donors (Lipinski definition) is 1. The highest BCUT2D eigenvalue weighted by Gasteiger charge is 2.04. The number of rotatable bonds is 8. The molecule has 0 bridgehead atoms. The van der Waals surface area contributed by atoms with Crippen LogP contribution in [-0.2, 0) is 6.54 Å². The lowest BCUT2D eigenvalue weighted by Crippen LogP contribution is -2.39. The molecule has 0 aliphatic rings. The number of guanidine groups is 1. The highest BCUT2D eigenvalue weighted by atomic mass is 15.3. The van der Waals surface area contributed by atoms with Gasteiger partial charge >= 0.3 is 0 Å². The number of benzene rings is 1. The van der Waals surface area contributed by atoms with Crippen LogP contribution in [0.2, 0.25) is 0 Å². The number of nitrogens with one attached hydrogen (secondary N) is 1. The van der Waals surface area contributed by atoms with E-state index in [1.165, 1.54) is 18.4 Å². The summed E-state index contributed by atoms with van der Waals surface area (Å²) in [7, 11) is 2.11. The Hall–Kier alpha value is -2.04. The fourth-order valence-electron chi connectivity index (χ4n) is 2.59. The number of hydrogen-bond acceptors (Lipinski definition) is 2. The van der Waals surface area contributed by atoms with Crippen molar-refractivity contribution in [3.05, 3.63) is 30.6 Å². The van der Waals surface area contributed by atoms with E-state index in [1.807, 2.05) is 12.4 Å². The van der Waals surface area contributed by atoms with E-state index in [0.29, 0.717) is 0 Å². The SMILES string of the molecule is CCCCN(C)C(=NCCCn1cnc2ccccc21)NCC. The van der Waals surface area contributed by atoms with E-state index in [1.54, 1.807) is 0 Å². The Bertz CT molecular complexity index is 617. The number of fused-ring (bicyclic) bond motifs is 1. The van der Waals surface area contributed by atoms with E-state index in [-0.39, 0.29) is 0 Å². The van der Waals surface area contributed by atoms with Gasteiger partial charge in [-0.05, 0) is 31.9 Å². The van der Waals surface area contributed by atoms with Crippen molar-refractivity contribution in [3.63, 3.8) is 0 Å². The van der Waals surface area contributed by atoms with Crippen molar-refractivity contribution in [2.45, 2.75) is 39.7 Å². The Balaban J connectivity index is 1.88. The van der Waals surface area contributed by atoms with Crippen LogP contribution in [-0.4, -0.2) is 47.1 Å². The number of imidazole rings is 1. The third kappa shape index (κ3) is 4.98. The highest BCUT2D eigenvalue weighted by molar-refractivity contribution is 5.79. The Morgan fingerprint density at radius 3 is 2.87 bits per heavy atom. The Labute approximate surface area is 139 Å². The van der Waals surface area contributed by atoms with E-state index < -0.39 is 0 Å². The molecule has 1 N–H and O–H groups in total. The van der Waals surface area contributed by atoms with Gasteiger partial charge < -0.3 is 14.8 Å². The summed E-state index contributed by atoms with van der Waals surface area (Å²) >= 11 is 0. The van der Waals surface area contributed by atoms with Crippen LogP contribution in [0.1, 0.15) is 33.1 Å². The lowest BCUT2D eigenvalue weighted by molar-refractivity contribution is 0.464. The minimum Gasteiger partial charge on any atom is -0.357 e. The fraction of sp³-hybridized carbons (Fsp3) is 0.556. The lowest BCUT2D eigenvalue weighted by Gasteiger charge is -2.21. The van der Waals surface area contributed by atoms with Crippen LogP contribution in [0.5, 0.6) is 0 Å². The average Bonchev–Trinajstić information content (AvgIpc) is 2.98. The van der Waals surface area contributed by atoms with Crippen LogP contribution < -0.4 is 5.32 Å². The summed E-state index contributed by atoms with van der Waals surface area (Å²) in [6.45, 7) is 8.05. The van der Waals surface area contributed by atoms with Crippen molar-refractivity contribution in [1.82, 2.24) is 19.8 Å². The number of aliphatic imine (C=N–C) groups is 1. The van der Waals surface area contributed by atoms with Crippen molar-refractivity contribution < 1.29 is 0 Å². The predicted molar refractivity (Wildman–Crippen MR) is 97.9 cm³/mol. The Morgan fingerprint density at radius 1 is 1.26 bits per heavy atom. The van der Waals surface area contributed by atoms with Gasteiger partial charge in [0.2, 0.25) is 0 Å². The second-order valence-corrected chi connectivity index (χ2v) is 5.79. The van der Waals surface area contributed by atoms with Crippen LogP contribution in [0.15, 0.2) is 35.6 Å². The summed E-state index contributed by atoms with van der Waals surface area (Å²) in [4.78, 5) is 11.4. The lowest BCUT2D eigenvalue weighted by atomic mass is 10.3. The molecule has 0 atom stereocenters. The van der Waals surface area contributed by atoms with Gasteiger partial charge in [-0.15, -0.1) is 0 Å². The van der Waals surface area contributed by atoms with Gasteiger partial charge in [0.15, 0.2) is 5.96 Å². The molecule has 0 amide bonds. The van der Waals surface area contributed by atoms with Crippen LogP contribution in [0.3, 0.4) is 0 Å². The van der Waals surface area contributed by atoms with Gasteiger partial charge in [-0.3, -0.25) is 4.99 Å². The second kappa shape index (κ2) is 9.18. The maximum atomic E-state index is 4.74. The summed E-state index contributed by atoms with van der Waals surface area (Å²) in [6.07, 6.45) is 5.34.